The Hall–Kier alpha value is -1.71. The topological polar surface area (TPSA) is 47.6 Å². The molecule has 0 spiro atoms. The third-order valence-electron chi connectivity index (χ3n) is 3.91. The van der Waals surface area contributed by atoms with E-state index in [4.69, 9.17) is 9.47 Å². The monoisotopic (exact) mass is 305 g/mol. The summed E-state index contributed by atoms with van der Waals surface area (Å²) in [7, 11) is 0. The molecule has 1 aliphatic rings. The standard InChI is InChI=1S/C18H27NO3/c1-12(2)8-7-9-13(3)19-18(20)17-14(4)21-15-10-5-6-11-16(15)22-17/h5-6,10-14,17H,7-9H2,1-4H3,(H,19,20)/t13-,14-,17-/m0/s1. The highest BCUT2D eigenvalue weighted by molar-refractivity contribution is 5.82. The Labute approximate surface area is 133 Å². The van der Waals surface area contributed by atoms with Crippen LogP contribution < -0.4 is 14.8 Å². The van der Waals surface area contributed by atoms with E-state index in [1.54, 1.807) is 0 Å². The molecule has 1 heterocycles. The van der Waals surface area contributed by atoms with Crippen LogP contribution in [0.2, 0.25) is 0 Å². The first-order valence-electron chi connectivity index (χ1n) is 8.20. The van der Waals surface area contributed by atoms with E-state index >= 15 is 0 Å². The van der Waals surface area contributed by atoms with E-state index in [9.17, 15) is 4.79 Å². The van der Waals surface area contributed by atoms with Crippen molar-refractivity contribution >= 4 is 5.91 Å². The SMILES string of the molecule is CC(C)CCC[C@H](C)NC(=O)[C@H]1Oc2ccccc2O[C@H]1C. The van der Waals surface area contributed by atoms with E-state index in [2.05, 4.69) is 19.2 Å². The van der Waals surface area contributed by atoms with Crippen molar-refractivity contribution in [3.8, 4) is 11.5 Å². The lowest BCUT2D eigenvalue weighted by molar-refractivity contribution is -0.134. The fourth-order valence-electron chi connectivity index (χ4n) is 2.64. The zero-order chi connectivity index (χ0) is 16.1. The van der Waals surface area contributed by atoms with Crippen LogP contribution in [-0.2, 0) is 4.79 Å². The summed E-state index contributed by atoms with van der Waals surface area (Å²) in [5.41, 5.74) is 0. The molecular weight excluding hydrogens is 278 g/mol. The molecule has 0 unspecified atom stereocenters. The lowest BCUT2D eigenvalue weighted by Crippen LogP contribution is -2.51. The maximum atomic E-state index is 12.4. The first-order chi connectivity index (χ1) is 10.5. The average Bonchev–Trinajstić information content (AvgIpc) is 2.45. The van der Waals surface area contributed by atoms with Crippen molar-refractivity contribution in [3.63, 3.8) is 0 Å². The lowest BCUT2D eigenvalue weighted by Gasteiger charge is -2.31. The van der Waals surface area contributed by atoms with Crippen LogP contribution in [0.3, 0.4) is 0 Å². The molecule has 22 heavy (non-hydrogen) atoms. The summed E-state index contributed by atoms with van der Waals surface area (Å²) >= 11 is 0. The third-order valence-corrected chi connectivity index (χ3v) is 3.91. The first kappa shape index (κ1) is 16.7. The minimum absolute atomic E-state index is 0.0981. The molecule has 1 aromatic rings. The predicted octanol–water partition coefficient (Wildman–Crippen LogP) is 3.55. The molecular formula is C18H27NO3. The van der Waals surface area contributed by atoms with Crippen LogP contribution in [0.15, 0.2) is 24.3 Å². The number of hydrogen-bond acceptors (Lipinski definition) is 3. The Balaban J connectivity index is 1.87. The highest BCUT2D eigenvalue weighted by atomic mass is 16.6. The van der Waals surface area contributed by atoms with Gasteiger partial charge in [0, 0.05) is 6.04 Å². The van der Waals surface area contributed by atoms with Crippen LogP contribution in [0.4, 0.5) is 0 Å². The Kier molecular flexibility index (Phi) is 5.69. The van der Waals surface area contributed by atoms with Crippen molar-refractivity contribution in [2.75, 3.05) is 0 Å². The summed E-state index contributed by atoms with van der Waals surface area (Å²) in [6.07, 6.45) is 2.41. The van der Waals surface area contributed by atoms with E-state index in [1.807, 2.05) is 38.1 Å². The maximum Gasteiger partial charge on any atom is 0.265 e. The zero-order valence-corrected chi connectivity index (χ0v) is 14.0. The number of carbonyl (C=O) groups excluding carboxylic acids is 1. The van der Waals surface area contributed by atoms with Crippen LogP contribution in [0, 0.1) is 5.92 Å². The van der Waals surface area contributed by atoms with Crippen LogP contribution in [0.25, 0.3) is 0 Å². The number of benzene rings is 1. The van der Waals surface area contributed by atoms with Crippen LogP contribution in [0.1, 0.15) is 47.0 Å². The zero-order valence-electron chi connectivity index (χ0n) is 14.0. The van der Waals surface area contributed by atoms with Gasteiger partial charge in [-0.2, -0.15) is 0 Å². The number of fused-ring (bicyclic) bond motifs is 1. The van der Waals surface area contributed by atoms with E-state index in [-0.39, 0.29) is 18.1 Å². The quantitative estimate of drug-likeness (QED) is 0.874. The molecule has 0 radical (unpaired) electrons. The largest absolute Gasteiger partial charge is 0.482 e. The van der Waals surface area contributed by atoms with Gasteiger partial charge in [-0.3, -0.25) is 4.79 Å². The van der Waals surface area contributed by atoms with Crippen molar-refractivity contribution in [3.05, 3.63) is 24.3 Å². The van der Waals surface area contributed by atoms with Crippen LogP contribution in [-0.4, -0.2) is 24.2 Å². The van der Waals surface area contributed by atoms with Crippen molar-refractivity contribution < 1.29 is 14.3 Å². The van der Waals surface area contributed by atoms with Crippen molar-refractivity contribution in [1.82, 2.24) is 5.32 Å². The third kappa shape index (κ3) is 4.39. The summed E-state index contributed by atoms with van der Waals surface area (Å²) in [6, 6.07) is 7.61. The Morgan fingerprint density at radius 2 is 1.77 bits per heavy atom. The number of para-hydroxylation sites is 2. The number of nitrogens with one attached hydrogen (secondary N) is 1. The number of hydrogen-bond donors (Lipinski definition) is 1. The predicted molar refractivity (Wildman–Crippen MR) is 87.2 cm³/mol. The number of amides is 1. The Morgan fingerprint density at radius 1 is 1.14 bits per heavy atom. The van der Waals surface area contributed by atoms with Gasteiger partial charge in [-0.05, 0) is 38.3 Å². The number of ether oxygens (including phenoxy) is 2. The summed E-state index contributed by atoms with van der Waals surface area (Å²) in [6.45, 7) is 8.34. The molecule has 4 nitrogen and oxygen atoms in total. The molecule has 2 rings (SSSR count). The van der Waals surface area contributed by atoms with Crippen molar-refractivity contribution in [2.24, 2.45) is 5.92 Å². The molecule has 122 valence electrons. The minimum Gasteiger partial charge on any atom is -0.482 e. The van der Waals surface area contributed by atoms with Gasteiger partial charge in [-0.25, -0.2) is 0 Å². The van der Waals surface area contributed by atoms with Gasteiger partial charge in [-0.1, -0.05) is 38.8 Å². The molecule has 0 aromatic heterocycles. The fraction of sp³-hybridized carbons (Fsp3) is 0.611. The number of carbonyl (C=O) groups is 1. The molecule has 1 N–H and O–H groups in total. The van der Waals surface area contributed by atoms with Gasteiger partial charge in [0.1, 0.15) is 6.10 Å². The summed E-state index contributed by atoms with van der Waals surface area (Å²) in [5.74, 6) is 1.94. The van der Waals surface area contributed by atoms with Gasteiger partial charge in [0.15, 0.2) is 11.5 Å². The van der Waals surface area contributed by atoms with Gasteiger partial charge >= 0.3 is 0 Å². The maximum absolute atomic E-state index is 12.4. The number of rotatable bonds is 6. The molecule has 3 atom stereocenters. The van der Waals surface area contributed by atoms with Crippen LogP contribution >= 0.6 is 0 Å². The van der Waals surface area contributed by atoms with Crippen molar-refractivity contribution in [2.45, 2.75) is 65.2 Å². The molecule has 1 aliphatic heterocycles. The normalized spacial score (nSPS) is 21.5. The molecule has 0 bridgehead atoms. The van der Waals surface area contributed by atoms with Crippen molar-refractivity contribution in [1.29, 1.82) is 0 Å². The van der Waals surface area contributed by atoms with Gasteiger partial charge in [0.05, 0.1) is 0 Å². The lowest BCUT2D eigenvalue weighted by atomic mass is 10.0. The molecule has 1 amide bonds. The van der Waals surface area contributed by atoms with Gasteiger partial charge in [0.25, 0.3) is 5.91 Å². The Morgan fingerprint density at radius 3 is 2.41 bits per heavy atom. The van der Waals surface area contributed by atoms with E-state index in [0.717, 1.165) is 12.8 Å². The first-order valence-corrected chi connectivity index (χ1v) is 8.20. The summed E-state index contributed by atoms with van der Waals surface area (Å²) in [4.78, 5) is 12.4. The van der Waals surface area contributed by atoms with E-state index < -0.39 is 6.10 Å². The fourth-order valence-corrected chi connectivity index (χ4v) is 2.64. The summed E-state index contributed by atoms with van der Waals surface area (Å²) in [5, 5.41) is 3.04. The highest BCUT2D eigenvalue weighted by Gasteiger charge is 2.34. The Bertz CT molecular complexity index is 501. The smallest absolute Gasteiger partial charge is 0.265 e. The van der Waals surface area contributed by atoms with E-state index in [1.165, 1.54) is 6.42 Å². The second-order valence-corrected chi connectivity index (χ2v) is 6.54. The van der Waals surface area contributed by atoms with E-state index in [0.29, 0.717) is 17.4 Å². The van der Waals surface area contributed by atoms with Gasteiger partial charge < -0.3 is 14.8 Å². The molecule has 4 heteroatoms. The van der Waals surface area contributed by atoms with Crippen LogP contribution in [0.5, 0.6) is 11.5 Å². The van der Waals surface area contributed by atoms with Gasteiger partial charge in [-0.15, -0.1) is 0 Å². The summed E-state index contributed by atoms with van der Waals surface area (Å²) < 4.78 is 11.6. The highest BCUT2D eigenvalue weighted by Crippen LogP contribution is 2.33. The molecule has 0 fully saturated rings. The second kappa shape index (κ2) is 7.52. The molecule has 0 aliphatic carbocycles. The molecule has 0 saturated carbocycles. The average molecular weight is 305 g/mol. The second-order valence-electron chi connectivity index (χ2n) is 6.54. The minimum atomic E-state index is -0.595. The molecule has 1 aromatic carbocycles. The molecule has 0 saturated heterocycles. The van der Waals surface area contributed by atoms with Gasteiger partial charge in [0.2, 0.25) is 6.10 Å².